The van der Waals surface area contributed by atoms with Crippen molar-refractivity contribution in [3.8, 4) is 11.3 Å². The Kier molecular flexibility index (Phi) is 5.88. The number of hydrogen-bond donors (Lipinski definition) is 1. The van der Waals surface area contributed by atoms with Crippen molar-refractivity contribution in [2.45, 2.75) is 6.18 Å². The Labute approximate surface area is 171 Å². The monoisotopic (exact) mass is 437 g/mol. The lowest BCUT2D eigenvalue weighted by atomic mass is 10.1. The molecule has 0 saturated heterocycles. The molecular formula is C19H11ClF3N3O4. The van der Waals surface area contributed by atoms with Gasteiger partial charge in [0.2, 0.25) is 0 Å². The number of amides is 1. The first-order valence-electron chi connectivity index (χ1n) is 8.20. The number of carbonyl (C=O) groups excluding carboxylic acids is 1. The maximum Gasteiger partial charge on any atom is 0.416 e. The topological polar surface area (TPSA) is 97.7 Å². The molecule has 3 rings (SSSR count). The Morgan fingerprint density at radius 2 is 1.93 bits per heavy atom. The second-order valence-corrected chi connectivity index (χ2v) is 6.31. The first-order valence-corrected chi connectivity index (χ1v) is 8.58. The smallest absolute Gasteiger partial charge is 0.416 e. The number of carbonyl (C=O) groups is 1. The van der Waals surface area contributed by atoms with Crippen LogP contribution in [0.4, 0.5) is 18.9 Å². The minimum atomic E-state index is -4.57. The maximum atomic E-state index is 12.7. The molecule has 1 aromatic heterocycles. The predicted molar refractivity (Wildman–Crippen MR) is 102 cm³/mol. The highest BCUT2D eigenvalue weighted by molar-refractivity contribution is 6.32. The number of nitrogens with zero attached hydrogens (tertiary/aromatic N) is 2. The summed E-state index contributed by atoms with van der Waals surface area (Å²) < 4.78 is 43.6. The molecule has 0 radical (unpaired) electrons. The van der Waals surface area contributed by atoms with Gasteiger partial charge in [-0.15, -0.1) is 0 Å². The molecule has 1 N–H and O–H groups in total. The fourth-order valence-electron chi connectivity index (χ4n) is 2.44. The Hall–Kier alpha value is -3.66. The lowest BCUT2D eigenvalue weighted by Crippen LogP contribution is -2.18. The van der Waals surface area contributed by atoms with Crippen molar-refractivity contribution in [1.82, 2.24) is 5.43 Å². The average molecular weight is 438 g/mol. The van der Waals surface area contributed by atoms with E-state index in [1.54, 1.807) is 0 Å². The van der Waals surface area contributed by atoms with Crippen LogP contribution >= 0.6 is 11.6 Å². The van der Waals surface area contributed by atoms with Gasteiger partial charge in [-0.1, -0.05) is 17.7 Å². The van der Waals surface area contributed by atoms with Crippen LogP contribution in [-0.2, 0) is 6.18 Å². The Balaban J connectivity index is 1.70. The van der Waals surface area contributed by atoms with Crippen LogP contribution in [0, 0.1) is 10.1 Å². The fourth-order valence-corrected chi connectivity index (χ4v) is 2.63. The number of halogens is 4. The summed E-state index contributed by atoms with van der Waals surface area (Å²) in [6, 6.07) is 11.1. The zero-order chi connectivity index (χ0) is 21.9. The summed E-state index contributed by atoms with van der Waals surface area (Å²) in [5, 5.41) is 14.6. The summed E-state index contributed by atoms with van der Waals surface area (Å²) >= 11 is 5.77. The highest BCUT2D eigenvalue weighted by Crippen LogP contribution is 2.31. The van der Waals surface area contributed by atoms with Crippen molar-refractivity contribution in [2.75, 3.05) is 0 Å². The van der Waals surface area contributed by atoms with E-state index in [1.807, 2.05) is 0 Å². The van der Waals surface area contributed by atoms with Crippen molar-refractivity contribution in [1.29, 1.82) is 0 Å². The first kappa shape index (κ1) is 21.1. The van der Waals surface area contributed by atoms with Gasteiger partial charge < -0.3 is 4.42 Å². The highest BCUT2D eigenvalue weighted by Gasteiger charge is 2.30. The van der Waals surface area contributed by atoms with E-state index in [9.17, 15) is 28.1 Å². The second-order valence-electron chi connectivity index (χ2n) is 5.90. The van der Waals surface area contributed by atoms with E-state index >= 15 is 0 Å². The normalized spacial score (nSPS) is 11.6. The Morgan fingerprint density at radius 3 is 2.63 bits per heavy atom. The molecule has 154 valence electrons. The molecule has 7 nitrogen and oxygen atoms in total. The summed E-state index contributed by atoms with van der Waals surface area (Å²) in [5.41, 5.74) is 1.06. The van der Waals surface area contributed by atoms with Gasteiger partial charge in [-0.25, -0.2) is 5.43 Å². The third kappa shape index (κ3) is 4.84. The van der Waals surface area contributed by atoms with E-state index in [0.29, 0.717) is 17.4 Å². The number of benzene rings is 2. The van der Waals surface area contributed by atoms with Gasteiger partial charge in [-0.05, 0) is 42.5 Å². The Morgan fingerprint density at radius 1 is 1.17 bits per heavy atom. The third-order valence-corrected chi connectivity index (χ3v) is 4.18. The molecule has 30 heavy (non-hydrogen) atoms. The van der Waals surface area contributed by atoms with Gasteiger partial charge in [-0.3, -0.25) is 14.9 Å². The zero-order valence-electron chi connectivity index (χ0n) is 14.8. The van der Waals surface area contributed by atoms with E-state index in [2.05, 4.69) is 10.5 Å². The summed E-state index contributed by atoms with van der Waals surface area (Å²) in [6.45, 7) is 0. The van der Waals surface area contributed by atoms with Crippen LogP contribution in [0.5, 0.6) is 0 Å². The highest BCUT2D eigenvalue weighted by atomic mass is 35.5. The number of nitro groups is 1. The van der Waals surface area contributed by atoms with Gasteiger partial charge in [0.15, 0.2) is 0 Å². The number of hydrazone groups is 1. The van der Waals surface area contributed by atoms with Crippen molar-refractivity contribution in [2.24, 2.45) is 5.10 Å². The number of alkyl halides is 3. The van der Waals surface area contributed by atoms with E-state index in [1.165, 1.54) is 36.4 Å². The number of nitro benzene ring substituents is 1. The predicted octanol–water partition coefficient (Wildman–Crippen LogP) is 5.29. The first-order chi connectivity index (χ1) is 14.1. The van der Waals surface area contributed by atoms with E-state index in [-0.39, 0.29) is 22.0 Å². The largest absolute Gasteiger partial charge is 0.455 e. The van der Waals surface area contributed by atoms with Gasteiger partial charge >= 0.3 is 6.18 Å². The maximum absolute atomic E-state index is 12.7. The number of nitrogens with one attached hydrogen (secondary N) is 1. The molecule has 0 unspecified atom stereocenters. The third-order valence-electron chi connectivity index (χ3n) is 3.86. The van der Waals surface area contributed by atoms with Crippen molar-refractivity contribution < 1.29 is 27.3 Å². The quantitative estimate of drug-likeness (QED) is 0.333. The molecule has 0 atom stereocenters. The van der Waals surface area contributed by atoms with Crippen LogP contribution in [-0.4, -0.2) is 17.0 Å². The molecule has 1 amide bonds. The summed E-state index contributed by atoms with van der Waals surface area (Å²) in [4.78, 5) is 22.3. The summed E-state index contributed by atoms with van der Waals surface area (Å²) in [6.07, 6.45) is -3.43. The molecule has 0 saturated carbocycles. The van der Waals surface area contributed by atoms with Gasteiger partial charge in [0, 0.05) is 17.2 Å². The Bertz CT molecular complexity index is 1140. The molecule has 0 aliphatic rings. The zero-order valence-corrected chi connectivity index (χ0v) is 15.6. The number of rotatable bonds is 5. The van der Waals surface area contributed by atoms with Crippen LogP contribution in [0.1, 0.15) is 21.7 Å². The van der Waals surface area contributed by atoms with E-state index in [4.69, 9.17) is 16.0 Å². The van der Waals surface area contributed by atoms with Crippen LogP contribution in [0.2, 0.25) is 5.02 Å². The van der Waals surface area contributed by atoms with Gasteiger partial charge in [0.25, 0.3) is 11.6 Å². The van der Waals surface area contributed by atoms with Crippen LogP contribution in [0.15, 0.2) is 64.1 Å². The van der Waals surface area contributed by atoms with Crippen LogP contribution in [0.3, 0.4) is 0 Å². The molecule has 11 heteroatoms. The van der Waals surface area contributed by atoms with Gasteiger partial charge in [-0.2, -0.15) is 18.3 Å². The van der Waals surface area contributed by atoms with Crippen molar-refractivity contribution in [3.05, 3.63) is 86.6 Å². The van der Waals surface area contributed by atoms with E-state index in [0.717, 1.165) is 18.3 Å². The van der Waals surface area contributed by atoms with Gasteiger partial charge in [0.1, 0.15) is 16.5 Å². The minimum absolute atomic E-state index is 0.0191. The molecule has 3 aromatic rings. The van der Waals surface area contributed by atoms with Crippen LogP contribution < -0.4 is 5.43 Å². The molecule has 2 aromatic carbocycles. The molecule has 0 spiro atoms. The SMILES string of the molecule is O=C(NN=Cc1ccc(-c2ccc(Cl)c([N+](=O)[O-])c2)o1)c1cccc(C(F)(F)F)c1. The molecule has 0 fully saturated rings. The molecule has 1 heterocycles. The molecule has 0 bridgehead atoms. The number of hydrogen-bond acceptors (Lipinski definition) is 5. The average Bonchev–Trinajstić information content (AvgIpc) is 3.16. The number of furan rings is 1. The van der Waals surface area contributed by atoms with Gasteiger partial charge in [0.05, 0.1) is 16.7 Å². The molecular weight excluding hydrogens is 427 g/mol. The standard InChI is InChI=1S/C19H11ClF3N3O4/c20-15-6-4-11(9-16(15)26(28)29)17-7-5-14(30-17)10-24-25-18(27)12-2-1-3-13(8-12)19(21,22)23/h1-10H,(H,25,27). The minimum Gasteiger partial charge on any atom is -0.455 e. The lowest BCUT2D eigenvalue weighted by molar-refractivity contribution is -0.384. The van der Waals surface area contributed by atoms with Crippen LogP contribution in [0.25, 0.3) is 11.3 Å². The summed E-state index contributed by atoms with van der Waals surface area (Å²) in [7, 11) is 0. The molecule has 0 aliphatic heterocycles. The van der Waals surface area contributed by atoms with E-state index < -0.39 is 22.6 Å². The fraction of sp³-hybridized carbons (Fsp3) is 0.0526. The molecule has 0 aliphatic carbocycles. The summed E-state index contributed by atoms with van der Waals surface area (Å²) in [5.74, 6) is -0.343. The van der Waals surface area contributed by atoms with Crippen molar-refractivity contribution >= 4 is 29.4 Å². The lowest BCUT2D eigenvalue weighted by Gasteiger charge is -2.07. The second kappa shape index (κ2) is 8.37. The van der Waals surface area contributed by atoms with Crippen molar-refractivity contribution in [3.63, 3.8) is 0 Å².